The molecule has 1 aromatic heterocycles. The van der Waals surface area contributed by atoms with Gasteiger partial charge in [0.15, 0.2) is 0 Å². The predicted molar refractivity (Wildman–Crippen MR) is 58.3 cm³/mol. The van der Waals surface area contributed by atoms with E-state index in [0.717, 1.165) is 9.60 Å². The zero-order chi connectivity index (χ0) is 9.42. The Hall–Kier alpha value is -0.540. The van der Waals surface area contributed by atoms with Gasteiger partial charge in [0.1, 0.15) is 5.82 Å². The molecule has 0 N–H and O–H groups in total. The first-order chi connectivity index (χ1) is 6.24. The Bertz CT molecular complexity index is 445. The third kappa shape index (κ3) is 1.36. The van der Waals surface area contributed by atoms with Crippen LogP contribution in [0.1, 0.15) is 5.56 Å². The quantitative estimate of drug-likeness (QED) is 0.642. The minimum Gasteiger partial charge on any atom is -0.206 e. The molecular weight excluding hydrogens is 203 g/mol. The zero-order valence-electron chi connectivity index (χ0n) is 7.43. The van der Waals surface area contributed by atoms with Crippen LogP contribution in [0.2, 0.25) is 0 Å². The normalized spacial score (nSPS) is 11.0. The molecule has 0 aliphatic rings. The van der Waals surface area contributed by atoms with Gasteiger partial charge in [0, 0.05) is 0 Å². The van der Waals surface area contributed by atoms with Crippen LogP contribution in [-0.4, -0.2) is 6.26 Å². The molecule has 3 heteroatoms. The van der Waals surface area contributed by atoms with Crippen molar-refractivity contribution in [2.75, 3.05) is 6.26 Å². The van der Waals surface area contributed by atoms with Crippen LogP contribution in [0.25, 0.3) is 10.1 Å². The number of halogens is 1. The molecule has 1 heterocycles. The molecule has 0 aliphatic carbocycles. The molecule has 0 unspecified atom stereocenters. The number of thioether (sulfide) groups is 1. The lowest BCUT2D eigenvalue weighted by molar-refractivity contribution is 0.606. The van der Waals surface area contributed by atoms with Gasteiger partial charge in [-0.3, -0.25) is 0 Å². The van der Waals surface area contributed by atoms with E-state index in [-0.39, 0.29) is 5.82 Å². The minimum absolute atomic E-state index is 0.109. The van der Waals surface area contributed by atoms with Crippen molar-refractivity contribution in [1.82, 2.24) is 0 Å². The second-order valence-electron chi connectivity index (χ2n) is 2.88. The number of fused-ring (bicyclic) bond motifs is 1. The molecule has 13 heavy (non-hydrogen) atoms. The number of hydrogen-bond donors (Lipinski definition) is 0. The van der Waals surface area contributed by atoms with E-state index < -0.39 is 0 Å². The van der Waals surface area contributed by atoms with Crippen LogP contribution in [0.5, 0.6) is 0 Å². The predicted octanol–water partition coefficient (Wildman–Crippen LogP) is 4.07. The lowest BCUT2D eigenvalue weighted by Crippen LogP contribution is -1.79. The van der Waals surface area contributed by atoms with E-state index in [1.54, 1.807) is 17.4 Å². The summed E-state index contributed by atoms with van der Waals surface area (Å²) in [5.74, 6) is -0.109. The molecule has 0 bridgehead atoms. The van der Waals surface area contributed by atoms with Crippen molar-refractivity contribution < 1.29 is 4.39 Å². The van der Waals surface area contributed by atoms with Gasteiger partial charge in [0.25, 0.3) is 0 Å². The first-order valence-corrected chi connectivity index (χ1v) is 6.04. The highest BCUT2D eigenvalue weighted by Gasteiger charge is 2.09. The first kappa shape index (κ1) is 9.03. The van der Waals surface area contributed by atoms with Crippen molar-refractivity contribution in [3.8, 4) is 0 Å². The summed E-state index contributed by atoms with van der Waals surface area (Å²) in [6.45, 7) is 2.06. The Kier molecular flexibility index (Phi) is 2.30. The molecule has 0 fully saturated rings. The van der Waals surface area contributed by atoms with Crippen LogP contribution in [0.3, 0.4) is 0 Å². The van der Waals surface area contributed by atoms with Gasteiger partial charge in [0.05, 0.1) is 9.60 Å². The maximum atomic E-state index is 13.3. The molecule has 0 atom stereocenters. The van der Waals surface area contributed by atoms with Crippen LogP contribution >= 0.6 is 23.1 Å². The summed E-state index contributed by atoms with van der Waals surface area (Å²) in [6, 6.07) is 3.41. The topological polar surface area (TPSA) is 0 Å². The highest BCUT2D eigenvalue weighted by molar-refractivity contribution is 7.99. The van der Waals surface area contributed by atoms with Crippen molar-refractivity contribution in [1.29, 1.82) is 0 Å². The average molecular weight is 212 g/mol. The first-order valence-electron chi connectivity index (χ1n) is 3.94. The van der Waals surface area contributed by atoms with Gasteiger partial charge in [-0.05, 0) is 35.6 Å². The highest BCUT2D eigenvalue weighted by Crippen LogP contribution is 2.35. The molecule has 0 saturated carbocycles. The summed E-state index contributed by atoms with van der Waals surface area (Å²) in [5.41, 5.74) is 1.23. The summed E-state index contributed by atoms with van der Waals surface area (Å²) in [5, 5.41) is 3.25. The fourth-order valence-corrected chi connectivity index (χ4v) is 3.30. The second-order valence-corrected chi connectivity index (χ2v) is 4.57. The SMILES string of the molecule is CSc1c(F)ccc2c(C)csc12. The Morgan fingerprint density at radius 3 is 2.85 bits per heavy atom. The molecule has 68 valence electrons. The average Bonchev–Trinajstić information content (AvgIpc) is 2.48. The van der Waals surface area contributed by atoms with Crippen molar-refractivity contribution in [2.45, 2.75) is 11.8 Å². The zero-order valence-corrected chi connectivity index (χ0v) is 9.06. The molecule has 0 radical (unpaired) electrons. The van der Waals surface area contributed by atoms with Crippen molar-refractivity contribution in [3.63, 3.8) is 0 Å². The molecule has 2 rings (SSSR count). The Balaban J connectivity index is 2.85. The van der Waals surface area contributed by atoms with Crippen molar-refractivity contribution >= 4 is 33.2 Å². The van der Waals surface area contributed by atoms with Crippen LogP contribution in [-0.2, 0) is 0 Å². The third-order valence-corrected chi connectivity index (χ3v) is 4.11. The van der Waals surface area contributed by atoms with E-state index >= 15 is 0 Å². The van der Waals surface area contributed by atoms with E-state index in [1.807, 2.05) is 12.3 Å². The van der Waals surface area contributed by atoms with Gasteiger partial charge in [0.2, 0.25) is 0 Å². The number of benzene rings is 1. The van der Waals surface area contributed by atoms with Gasteiger partial charge in [-0.2, -0.15) is 0 Å². The van der Waals surface area contributed by atoms with Crippen molar-refractivity contribution in [3.05, 3.63) is 28.9 Å². The largest absolute Gasteiger partial charge is 0.206 e. The minimum atomic E-state index is -0.109. The molecule has 0 nitrogen and oxygen atoms in total. The van der Waals surface area contributed by atoms with E-state index in [4.69, 9.17) is 0 Å². The van der Waals surface area contributed by atoms with Crippen LogP contribution < -0.4 is 0 Å². The Morgan fingerprint density at radius 2 is 2.15 bits per heavy atom. The van der Waals surface area contributed by atoms with Gasteiger partial charge in [-0.15, -0.1) is 23.1 Å². The molecule has 2 aromatic rings. The lowest BCUT2D eigenvalue weighted by atomic mass is 10.2. The fraction of sp³-hybridized carbons (Fsp3) is 0.200. The van der Waals surface area contributed by atoms with E-state index in [9.17, 15) is 4.39 Å². The molecule has 0 aliphatic heterocycles. The molecular formula is C10H9FS2. The highest BCUT2D eigenvalue weighted by atomic mass is 32.2. The van der Waals surface area contributed by atoms with Crippen LogP contribution in [0, 0.1) is 12.7 Å². The van der Waals surface area contributed by atoms with Gasteiger partial charge in [-0.25, -0.2) is 4.39 Å². The van der Waals surface area contributed by atoms with Gasteiger partial charge >= 0.3 is 0 Å². The van der Waals surface area contributed by atoms with Crippen LogP contribution in [0.4, 0.5) is 4.39 Å². The van der Waals surface area contributed by atoms with E-state index in [2.05, 4.69) is 12.3 Å². The molecule has 0 spiro atoms. The molecule has 1 aromatic carbocycles. The Morgan fingerprint density at radius 1 is 1.38 bits per heavy atom. The molecule has 0 amide bonds. The Labute approximate surface area is 84.8 Å². The number of aryl methyl sites for hydroxylation is 1. The fourth-order valence-electron chi connectivity index (χ4n) is 1.37. The monoisotopic (exact) mass is 212 g/mol. The third-order valence-electron chi connectivity index (χ3n) is 2.05. The number of thiophene rings is 1. The summed E-state index contributed by atoms with van der Waals surface area (Å²) < 4.78 is 14.4. The summed E-state index contributed by atoms with van der Waals surface area (Å²) in [4.78, 5) is 0.774. The van der Waals surface area contributed by atoms with Crippen LogP contribution in [0.15, 0.2) is 22.4 Å². The smallest absolute Gasteiger partial charge is 0.138 e. The van der Waals surface area contributed by atoms with Gasteiger partial charge in [-0.1, -0.05) is 6.07 Å². The summed E-state index contributed by atoms with van der Waals surface area (Å²) in [6.07, 6.45) is 1.91. The maximum Gasteiger partial charge on any atom is 0.138 e. The van der Waals surface area contributed by atoms with E-state index in [0.29, 0.717) is 0 Å². The number of rotatable bonds is 1. The maximum absolute atomic E-state index is 13.3. The lowest BCUT2D eigenvalue weighted by Gasteiger charge is -2.00. The second kappa shape index (κ2) is 3.31. The van der Waals surface area contributed by atoms with Gasteiger partial charge < -0.3 is 0 Å². The van der Waals surface area contributed by atoms with E-state index in [1.165, 1.54) is 22.7 Å². The number of hydrogen-bond acceptors (Lipinski definition) is 2. The van der Waals surface area contributed by atoms with Crippen molar-refractivity contribution in [2.24, 2.45) is 0 Å². The molecule has 0 saturated heterocycles. The summed E-state index contributed by atoms with van der Waals surface area (Å²) >= 11 is 3.09. The summed E-state index contributed by atoms with van der Waals surface area (Å²) in [7, 11) is 0. The standard InChI is InChI=1S/C10H9FS2/c1-6-5-13-9-7(6)3-4-8(11)10(9)12-2/h3-5H,1-2H3.